The number of aliphatic imine (C=N–C) groups is 1. The maximum absolute atomic E-state index is 9.17. The quantitative estimate of drug-likeness (QED) is 0.566. The molecule has 0 radical (unpaired) electrons. The van der Waals surface area contributed by atoms with E-state index in [9.17, 15) is 0 Å². The number of aromatic amines is 1. The molecule has 3 heterocycles. The van der Waals surface area contributed by atoms with Gasteiger partial charge < -0.3 is 10.7 Å². The molecule has 2 aromatic heterocycles. The summed E-state index contributed by atoms with van der Waals surface area (Å²) >= 11 is 0. The molecule has 0 saturated carbocycles. The summed E-state index contributed by atoms with van der Waals surface area (Å²) in [6.45, 7) is 1.44. The number of aromatic nitrogens is 3. The molecule has 0 aliphatic carbocycles. The van der Waals surface area contributed by atoms with Crippen LogP contribution in [0.15, 0.2) is 29.8 Å². The summed E-state index contributed by atoms with van der Waals surface area (Å²) in [7, 11) is 0. The van der Waals surface area contributed by atoms with Gasteiger partial charge in [0.25, 0.3) is 0 Å². The third kappa shape index (κ3) is 3.13. The predicted octanol–water partition coefficient (Wildman–Crippen LogP) is 0.950. The number of allylic oxidation sites excluding steroid dienone is 1. The van der Waals surface area contributed by atoms with Crippen LogP contribution in [0, 0.1) is 11.3 Å². The van der Waals surface area contributed by atoms with E-state index >= 15 is 0 Å². The van der Waals surface area contributed by atoms with Gasteiger partial charge in [0.2, 0.25) is 0 Å². The summed E-state index contributed by atoms with van der Waals surface area (Å²) < 4.78 is 0. The van der Waals surface area contributed by atoms with Gasteiger partial charge in [-0.05, 0) is 18.9 Å². The largest absolute Gasteiger partial charge is 0.404 e. The molecule has 0 amide bonds. The Bertz CT molecular complexity index is 805. The molecule has 8 heteroatoms. The summed E-state index contributed by atoms with van der Waals surface area (Å²) in [5, 5.41) is 11.8. The Kier molecular flexibility index (Phi) is 4.55. The molecule has 0 atom stereocenters. The molecule has 2 aromatic rings. The first kappa shape index (κ1) is 16.1. The van der Waals surface area contributed by atoms with Crippen LogP contribution in [0.25, 0.3) is 16.6 Å². The Morgan fingerprint density at radius 2 is 2.25 bits per heavy atom. The number of fused-ring (bicyclic) bond motifs is 1. The number of nitrogens with one attached hydrogen (secondary N) is 1. The first-order valence-corrected chi connectivity index (χ1v) is 7.80. The highest BCUT2D eigenvalue weighted by Gasteiger charge is 2.33. The molecule has 124 valence electrons. The van der Waals surface area contributed by atoms with E-state index in [1.54, 1.807) is 11.2 Å². The summed E-state index contributed by atoms with van der Waals surface area (Å²) in [5.41, 5.74) is 7.56. The number of hydrogen-bond donors (Lipinski definition) is 3. The lowest BCUT2D eigenvalue weighted by molar-refractivity contribution is 0.168. The van der Waals surface area contributed by atoms with E-state index in [1.807, 2.05) is 12.3 Å². The molecular formula is C16H20N8. The van der Waals surface area contributed by atoms with Crippen molar-refractivity contribution < 1.29 is 0 Å². The van der Waals surface area contributed by atoms with E-state index in [0.29, 0.717) is 12.0 Å². The maximum atomic E-state index is 9.17. The van der Waals surface area contributed by atoms with E-state index in [2.05, 4.69) is 21.0 Å². The van der Waals surface area contributed by atoms with Gasteiger partial charge in [0.1, 0.15) is 12.0 Å². The first-order chi connectivity index (χ1) is 11.7. The van der Waals surface area contributed by atoms with Crippen LogP contribution in [-0.2, 0) is 0 Å². The molecule has 1 fully saturated rings. The van der Waals surface area contributed by atoms with E-state index < -0.39 is 5.54 Å². The van der Waals surface area contributed by atoms with Gasteiger partial charge in [0.15, 0.2) is 0 Å². The lowest BCUT2D eigenvalue weighted by Crippen LogP contribution is -2.46. The molecule has 0 aromatic carbocycles. The minimum absolute atomic E-state index is 0.360. The van der Waals surface area contributed by atoms with Crippen molar-refractivity contribution in [2.75, 3.05) is 13.1 Å². The van der Waals surface area contributed by atoms with Crippen molar-refractivity contribution in [3.63, 3.8) is 0 Å². The zero-order valence-corrected chi connectivity index (χ0v) is 13.3. The molecule has 0 spiro atoms. The highest BCUT2D eigenvalue weighted by atomic mass is 15.4. The van der Waals surface area contributed by atoms with E-state index in [1.165, 1.54) is 12.5 Å². The van der Waals surface area contributed by atoms with Gasteiger partial charge in [0.05, 0.1) is 23.7 Å². The van der Waals surface area contributed by atoms with Crippen molar-refractivity contribution in [3.05, 3.63) is 30.5 Å². The molecule has 24 heavy (non-hydrogen) atoms. The van der Waals surface area contributed by atoms with E-state index in [0.717, 1.165) is 42.7 Å². The zero-order chi connectivity index (χ0) is 17.0. The Morgan fingerprint density at radius 1 is 1.46 bits per heavy atom. The summed E-state index contributed by atoms with van der Waals surface area (Å²) in [6, 6.07) is 4.15. The van der Waals surface area contributed by atoms with Gasteiger partial charge in [-0.3, -0.25) is 10.8 Å². The van der Waals surface area contributed by atoms with Crippen LogP contribution < -0.4 is 11.6 Å². The fourth-order valence-electron chi connectivity index (χ4n) is 2.93. The van der Waals surface area contributed by atoms with Crippen LogP contribution in [0.5, 0.6) is 0 Å². The predicted molar refractivity (Wildman–Crippen MR) is 92.5 cm³/mol. The second-order valence-electron chi connectivity index (χ2n) is 5.94. The molecule has 5 N–H and O–H groups in total. The summed E-state index contributed by atoms with van der Waals surface area (Å²) in [4.78, 5) is 16.3. The zero-order valence-electron chi connectivity index (χ0n) is 13.3. The molecule has 0 unspecified atom stereocenters. The Balaban J connectivity index is 1.90. The van der Waals surface area contributed by atoms with Crippen LogP contribution in [-0.4, -0.2) is 44.8 Å². The number of nitrogens with zero attached hydrogens (tertiary/aromatic N) is 5. The van der Waals surface area contributed by atoms with Crippen molar-refractivity contribution in [1.82, 2.24) is 20.0 Å². The minimum atomic E-state index is -0.414. The fourth-order valence-corrected chi connectivity index (χ4v) is 2.93. The third-order valence-corrected chi connectivity index (χ3v) is 4.42. The van der Waals surface area contributed by atoms with Gasteiger partial charge in [-0.2, -0.15) is 5.26 Å². The standard InChI is InChI=1S/C16H20N8/c17-5-2-16(3-7-24(19)8-4-16)23-10-12(9-18)14-13-1-6-20-15(13)22-11-21-14/h1,6,9-11H,2-4,7-8,18-19H2,(H,20,21,22). The number of piperidine rings is 1. The summed E-state index contributed by atoms with van der Waals surface area (Å²) in [5.74, 6) is 5.82. The third-order valence-electron chi connectivity index (χ3n) is 4.42. The lowest BCUT2D eigenvalue weighted by Gasteiger charge is -2.35. The van der Waals surface area contributed by atoms with Crippen molar-refractivity contribution >= 4 is 22.8 Å². The minimum Gasteiger partial charge on any atom is -0.404 e. The highest BCUT2D eigenvalue weighted by Crippen LogP contribution is 2.29. The maximum Gasteiger partial charge on any atom is 0.141 e. The number of nitrogens with two attached hydrogens (primary N) is 2. The van der Waals surface area contributed by atoms with Gasteiger partial charge in [0, 0.05) is 42.7 Å². The summed E-state index contributed by atoms with van der Waals surface area (Å²) in [6.07, 6.45) is 8.35. The van der Waals surface area contributed by atoms with Crippen LogP contribution in [0.4, 0.5) is 0 Å². The number of hydrogen-bond acceptors (Lipinski definition) is 7. The number of nitriles is 1. The second-order valence-corrected chi connectivity index (χ2v) is 5.94. The Labute approximate surface area is 139 Å². The number of rotatable bonds is 4. The average Bonchev–Trinajstić information content (AvgIpc) is 3.08. The fraction of sp³-hybridized carbons (Fsp3) is 0.375. The van der Waals surface area contributed by atoms with Crippen LogP contribution in [0.2, 0.25) is 0 Å². The van der Waals surface area contributed by atoms with E-state index in [-0.39, 0.29) is 0 Å². The lowest BCUT2D eigenvalue weighted by atomic mass is 9.86. The Morgan fingerprint density at radius 3 is 2.96 bits per heavy atom. The molecule has 1 aliphatic heterocycles. The van der Waals surface area contributed by atoms with Crippen molar-refractivity contribution in [2.45, 2.75) is 24.8 Å². The molecular weight excluding hydrogens is 304 g/mol. The smallest absolute Gasteiger partial charge is 0.141 e. The molecule has 1 saturated heterocycles. The normalized spacial score (nSPS) is 18.9. The van der Waals surface area contributed by atoms with Gasteiger partial charge in [-0.1, -0.05) is 0 Å². The SMILES string of the molecule is N#CCC1(N=CC(=CN)c2ncnc3[nH]ccc23)CCN(N)CC1. The van der Waals surface area contributed by atoms with Gasteiger partial charge in [-0.15, -0.1) is 0 Å². The second kappa shape index (κ2) is 6.78. The van der Waals surface area contributed by atoms with Crippen LogP contribution in [0.1, 0.15) is 25.0 Å². The molecule has 3 rings (SSSR count). The van der Waals surface area contributed by atoms with Crippen molar-refractivity contribution in [3.8, 4) is 6.07 Å². The van der Waals surface area contributed by atoms with Gasteiger partial charge >= 0.3 is 0 Å². The molecule has 1 aliphatic rings. The topological polar surface area (TPSA) is 133 Å². The average molecular weight is 324 g/mol. The van der Waals surface area contributed by atoms with Gasteiger partial charge in [-0.25, -0.2) is 15.0 Å². The first-order valence-electron chi connectivity index (χ1n) is 7.80. The molecule has 8 nitrogen and oxygen atoms in total. The monoisotopic (exact) mass is 324 g/mol. The van der Waals surface area contributed by atoms with Crippen LogP contribution >= 0.6 is 0 Å². The molecule has 0 bridgehead atoms. The highest BCUT2D eigenvalue weighted by molar-refractivity contribution is 6.13. The van der Waals surface area contributed by atoms with Crippen LogP contribution in [0.3, 0.4) is 0 Å². The Hall–Kier alpha value is -2.76. The van der Waals surface area contributed by atoms with Crippen molar-refractivity contribution in [1.29, 1.82) is 5.26 Å². The van der Waals surface area contributed by atoms with Crippen molar-refractivity contribution in [2.24, 2.45) is 16.6 Å². The van der Waals surface area contributed by atoms with E-state index in [4.69, 9.17) is 21.8 Å². The number of H-pyrrole nitrogens is 1. The number of hydrazine groups is 1.